The molecule has 0 aliphatic carbocycles. The van der Waals surface area contributed by atoms with Crippen molar-refractivity contribution in [1.29, 1.82) is 0 Å². The number of hydrogen-bond donors (Lipinski definition) is 2. The largest absolute Gasteiger partial charge is 0.474 e. The van der Waals surface area contributed by atoms with Crippen molar-refractivity contribution in [3.63, 3.8) is 0 Å². The number of anilines is 1. The lowest BCUT2D eigenvalue weighted by Crippen LogP contribution is -2.28. The fourth-order valence-electron chi connectivity index (χ4n) is 2.26. The fraction of sp³-hybridized carbons (Fsp3) is 0.263. The molecule has 2 rings (SSSR count). The number of ether oxygens (including phenoxy) is 2. The van der Waals surface area contributed by atoms with E-state index in [1.165, 1.54) is 43.3 Å². The Bertz CT molecular complexity index is 823. The van der Waals surface area contributed by atoms with E-state index in [2.05, 4.69) is 5.32 Å². The van der Waals surface area contributed by atoms with E-state index < -0.39 is 23.8 Å². The first-order valence-corrected chi connectivity index (χ1v) is 8.27. The number of benzene rings is 2. The minimum absolute atomic E-state index is 0.0963. The number of nitrogen functional groups attached to an aromatic ring is 1. The maximum absolute atomic E-state index is 12.9. The zero-order valence-corrected chi connectivity index (χ0v) is 15.0. The highest BCUT2D eigenvalue weighted by molar-refractivity contribution is 5.77. The summed E-state index contributed by atoms with van der Waals surface area (Å²) in [5, 5.41) is 2.46. The Kier molecular flexibility index (Phi) is 6.86. The van der Waals surface area contributed by atoms with Crippen LogP contribution in [0, 0.1) is 0 Å². The topological polar surface area (TPSA) is 90.6 Å². The summed E-state index contributed by atoms with van der Waals surface area (Å²) < 4.78 is 49.3. The number of hydrogen-bond acceptors (Lipinski definition) is 5. The Balaban J connectivity index is 2.20. The number of alkyl halides is 3. The molecule has 6 nitrogen and oxygen atoms in total. The van der Waals surface area contributed by atoms with Crippen LogP contribution < -0.4 is 15.8 Å². The van der Waals surface area contributed by atoms with Crippen molar-refractivity contribution in [2.24, 2.45) is 0 Å². The van der Waals surface area contributed by atoms with Crippen molar-refractivity contribution in [2.45, 2.75) is 19.2 Å². The predicted molar refractivity (Wildman–Crippen MR) is 95.3 cm³/mol. The van der Waals surface area contributed by atoms with Gasteiger partial charge in [-0.05, 0) is 30.3 Å². The molecule has 0 bridgehead atoms. The first kappa shape index (κ1) is 21.1. The van der Waals surface area contributed by atoms with Crippen LogP contribution in [0.25, 0.3) is 0 Å². The Morgan fingerprint density at radius 1 is 1.14 bits per heavy atom. The molecule has 1 atom stereocenters. The molecule has 0 aromatic heterocycles. The Morgan fingerprint density at radius 2 is 1.82 bits per heavy atom. The molecule has 2 aromatic rings. The normalized spacial score (nSPS) is 12.1. The SMILES string of the molecule is CC(=O)NCCOC(=O)C(Oc1cccc(C(F)(F)F)c1)c1ccc(N)cc1. The van der Waals surface area contributed by atoms with E-state index >= 15 is 0 Å². The Hall–Kier alpha value is -3.23. The molecule has 0 radical (unpaired) electrons. The van der Waals surface area contributed by atoms with Crippen molar-refractivity contribution >= 4 is 17.6 Å². The van der Waals surface area contributed by atoms with Crippen LogP contribution in [0.1, 0.15) is 24.2 Å². The van der Waals surface area contributed by atoms with Crippen LogP contribution in [-0.4, -0.2) is 25.0 Å². The van der Waals surface area contributed by atoms with E-state index in [0.29, 0.717) is 11.3 Å². The molecule has 9 heteroatoms. The average Bonchev–Trinajstić information content (AvgIpc) is 2.63. The van der Waals surface area contributed by atoms with E-state index in [1.54, 1.807) is 0 Å². The molecular formula is C19H19F3N2O4. The molecule has 0 saturated carbocycles. The van der Waals surface area contributed by atoms with Crippen LogP contribution in [0.4, 0.5) is 18.9 Å². The summed E-state index contributed by atoms with van der Waals surface area (Å²) in [5.74, 6) is -1.24. The minimum atomic E-state index is -4.55. The Morgan fingerprint density at radius 3 is 2.43 bits per heavy atom. The third-order valence-corrected chi connectivity index (χ3v) is 3.59. The summed E-state index contributed by atoms with van der Waals surface area (Å²) in [5.41, 5.74) is 5.53. The summed E-state index contributed by atoms with van der Waals surface area (Å²) in [6.45, 7) is 1.30. The Labute approximate surface area is 159 Å². The van der Waals surface area contributed by atoms with E-state index in [4.69, 9.17) is 15.2 Å². The van der Waals surface area contributed by atoms with Crippen molar-refractivity contribution in [3.05, 3.63) is 59.7 Å². The zero-order chi connectivity index (χ0) is 20.7. The summed E-state index contributed by atoms with van der Waals surface area (Å²) in [4.78, 5) is 23.3. The lowest BCUT2D eigenvalue weighted by atomic mass is 10.1. The van der Waals surface area contributed by atoms with Gasteiger partial charge >= 0.3 is 12.1 Å². The standard InChI is InChI=1S/C19H19F3N2O4/c1-12(25)24-9-10-27-18(26)17(13-5-7-15(23)8-6-13)28-16-4-2-3-14(11-16)19(20,21)22/h2-8,11,17H,9-10,23H2,1H3,(H,24,25). The number of rotatable bonds is 7. The van der Waals surface area contributed by atoms with Crippen molar-refractivity contribution < 1.29 is 32.2 Å². The van der Waals surface area contributed by atoms with Gasteiger partial charge in [0.05, 0.1) is 12.1 Å². The molecule has 0 aliphatic heterocycles. The van der Waals surface area contributed by atoms with Crippen LogP contribution in [0.5, 0.6) is 5.75 Å². The van der Waals surface area contributed by atoms with Crippen LogP contribution in [0.15, 0.2) is 48.5 Å². The third-order valence-electron chi connectivity index (χ3n) is 3.59. The highest BCUT2D eigenvalue weighted by Gasteiger charge is 2.31. The monoisotopic (exact) mass is 396 g/mol. The van der Waals surface area contributed by atoms with E-state index in [-0.39, 0.29) is 24.8 Å². The number of halogens is 3. The molecule has 0 aliphatic rings. The van der Waals surface area contributed by atoms with Gasteiger partial charge in [-0.15, -0.1) is 0 Å². The first-order valence-electron chi connectivity index (χ1n) is 8.27. The van der Waals surface area contributed by atoms with E-state index in [9.17, 15) is 22.8 Å². The maximum atomic E-state index is 12.9. The average molecular weight is 396 g/mol. The summed E-state index contributed by atoms with van der Waals surface area (Å²) in [6, 6.07) is 10.3. The number of carbonyl (C=O) groups excluding carboxylic acids is 2. The molecule has 1 unspecified atom stereocenters. The van der Waals surface area contributed by atoms with Gasteiger partial charge in [0.1, 0.15) is 12.4 Å². The highest BCUT2D eigenvalue weighted by Crippen LogP contribution is 2.33. The van der Waals surface area contributed by atoms with Gasteiger partial charge in [-0.1, -0.05) is 18.2 Å². The predicted octanol–water partition coefficient (Wildman–Crippen LogP) is 3.09. The van der Waals surface area contributed by atoms with E-state index in [1.807, 2.05) is 0 Å². The first-order chi connectivity index (χ1) is 13.2. The van der Waals surface area contributed by atoms with Crippen LogP contribution in [0.2, 0.25) is 0 Å². The van der Waals surface area contributed by atoms with Crippen molar-refractivity contribution in [1.82, 2.24) is 5.32 Å². The number of esters is 1. The molecule has 1 amide bonds. The van der Waals surface area contributed by atoms with Gasteiger partial charge in [-0.25, -0.2) is 4.79 Å². The molecule has 0 heterocycles. The molecule has 2 aromatic carbocycles. The summed E-state index contributed by atoms with van der Waals surface area (Å²) in [6.07, 6.45) is -5.85. The second-order valence-electron chi connectivity index (χ2n) is 5.84. The maximum Gasteiger partial charge on any atom is 0.416 e. The fourth-order valence-corrected chi connectivity index (χ4v) is 2.26. The van der Waals surface area contributed by atoms with Gasteiger partial charge in [0.15, 0.2) is 0 Å². The van der Waals surface area contributed by atoms with Gasteiger partial charge in [0.25, 0.3) is 0 Å². The lowest BCUT2D eigenvalue weighted by Gasteiger charge is -2.19. The lowest BCUT2D eigenvalue weighted by molar-refractivity contribution is -0.152. The third kappa shape index (κ3) is 6.19. The van der Waals surface area contributed by atoms with Gasteiger partial charge in [-0.2, -0.15) is 13.2 Å². The second kappa shape index (κ2) is 9.12. The van der Waals surface area contributed by atoms with Gasteiger partial charge in [-0.3, -0.25) is 4.79 Å². The summed E-state index contributed by atoms with van der Waals surface area (Å²) >= 11 is 0. The smallest absolute Gasteiger partial charge is 0.416 e. The molecule has 28 heavy (non-hydrogen) atoms. The number of nitrogens with two attached hydrogens (primary N) is 1. The van der Waals surface area contributed by atoms with Crippen LogP contribution in [0.3, 0.4) is 0 Å². The minimum Gasteiger partial charge on any atom is -0.474 e. The van der Waals surface area contributed by atoms with Gasteiger partial charge in [0.2, 0.25) is 12.0 Å². The molecule has 150 valence electrons. The van der Waals surface area contributed by atoms with E-state index in [0.717, 1.165) is 12.1 Å². The number of carbonyl (C=O) groups is 2. The van der Waals surface area contributed by atoms with Crippen molar-refractivity contribution in [2.75, 3.05) is 18.9 Å². The molecule has 3 N–H and O–H groups in total. The molecular weight excluding hydrogens is 377 g/mol. The number of nitrogens with one attached hydrogen (secondary N) is 1. The van der Waals surface area contributed by atoms with Crippen molar-refractivity contribution in [3.8, 4) is 5.75 Å². The highest BCUT2D eigenvalue weighted by atomic mass is 19.4. The molecule has 0 saturated heterocycles. The quantitative estimate of drug-likeness (QED) is 0.426. The van der Waals surface area contributed by atoms with Crippen LogP contribution >= 0.6 is 0 Å². The summed E-state index contributed by atoms with van der Waals surface area (Å²) in [7, 11) is 0. The van der Waals surface area contributed by atoms with Gasteiger partial charge < -0.3 is 20.5 Å². The molecule has 0 spiro atoms. The number of amides is 1. The van der Waals surface area contributed by atoms with Gasteiger partial charge in [0, 0.05) is 18.2 Å². The molecule has 0 fully saturated rings. The zero-order valence-electron chi connectivity index (χ0n) is 15.0. The second-order valence-corrected chi connectivity index (χ2v) is 5.84. The van der Waals surface area contributed by atoms with Crippen LogP contribution in [-0.2, 0) is 20.5 Å².